The minimum Gasteiger partial charge on any atom is -0.103 e. The molecule has 0 spiro atoms. The first-order valence-electron chi connectivity index (χ1n) is 7.66. The lowest BCUT2D eigenvalue weighted by atomic mass is 9.64. The van der Waals surface area contributed by atoms with Gasteiger partial charge >= 0.3 is 0 Å². The van der Waals surface area contributed by atoms with Crippen molar-refractivity contribution in [2.45, 2.75) is 32.6 Å². The summed E-state index contributed by atoms with van der Waals surface area (Å²) in [5, 5.41) is 0. The maximum Gasteiger partial charge on any atom is -0.0174 e. The van der Waals surface area contributed by atoms with Gasteiger partial charge in [-0.15, -0.1) is 6.58 Å². The molecule has 0 aliphatic heterocycles. The number of rotatable bonds is 3. The monoisotopic (exact) mass is 228 g/mol. The number of fused-ring (bicyclic) bond motifs is 9. The van der Waals surface area contributed by atoms with Crippen LogP contribution in [0.2, 0.25) is 0 Å². The summed E-state index contributed by atoms with van der Waals surface area (Å²) in [5.74, 6) is 7.92. The van der Waals surface area contributed by atoms with Crippen LogP contribution in [-0.2, 0) is 0 Å². The number of hydrogen-bond acceptors (Lipinski definition) is 0. The average Bonchev–Trinajstić information content (AvgIpc) is 3.06. The van der Waals surface area contributed by atoms with E-state index in [2.05, 4.69) is 31.7 Å². The molecule has 0 saturated heterocycles. The SMILES string of the molecule is C=CC1C(CCC)C2CC1C1C3C=CC(C3)C21. The van der Waals surface area contributed by atoms with Crippen LogP contribution < -0.4 is 0 Å². The summed E-state index contributed by atoms with van der Waals surface area (Å²) in [4.78, 5) is 0. The van der Waals surface area contributed by atoms with Crippen LogP contribution in [0.25, 0.3) is 0 Å². The largest absolute Gasteiger partial charge is 0.103 e. The van der Waals surface area contributed by atoms with Crippen molar-refractivity contribution in [3.05, 3.63) is 24.8 Å². The summed E-state index contributed by atoms with van der Waals surface area (Å²) >= 11 is 0. The van der Waals surface area contributed by atoms with E-state index in [4.69, 9.17) is 0 Å². The quantitative estimate of drug-likeness (QED) is 0.499. The molecule has 0 radical (unpaired) electrons. The van der Waals surface area contributed by atoms with Gasteiger partial charge in [0.15, 0.2) is 0 Å². The molecule has 17 heavy (non-hydrogen) atoms. The molecule has 92 valence electrons. The van der Waals surface area contributed by atoms with Gasteiger partial charge in [-0.1, -0.05) is 31.6 Å². The maximum absolute atomic E-state index is 4.15. The average molecular weight is 228 g/mol. The zero-order valence-electron chi connectivity index (χ0n) is 10.9. The smallest absolute Gasteiger partial charge is 0.0174 e. The van der Waals surface area contributed by atoms with E-state index in [1.54, 1.807) is 0 Å². The van der Waals surface area contributed by atoms with Gasteiger partial charge in [0, 0.05) is 0 Å². The van der Waals surface area contributed by atoms with E-state index in [0.717, 1.165) is 47.3 Å². The van der Waals surface area contributed by atoms with Crippen LogP contribution in [-0.4, -0.2) is 0 Å². The molecule has 0 aromatic heterocycles. The van der Waals surface area contributed by atoms with Crippen molar-refractivity contribution in [2.75, 3.05) is 0 Å². The Morgan fingerprint density at radius 2 is 1.82 bits per heavy atom. The van der Waals surface area contributed by atoms with Crippen molar-refractivity contribution < 1.29 is 0 Å². The van der Waals surface area contributed by atoms with Crippen molar-refractivity contribution in [1.82, 2.24) is 0 Å². The third-order valence-electron chi connectivity index (χ3n) is 6.55. The molecule has 0 aromatic rings. The maximum atomic E-state index is 4.15. The van der Waals surface area contributed by atoms with E-state index in [0.29, 0.717) is 0 Å². The third kappa shape index (κ3) is 1.15. The van der Waals surface area contributed by atoms with E-state index in [9.17, 15) is 0 Å². The fourth-order valence-corrected chi connectivity index (χ4v) is 6.30. The molecular formula is C17H24. The number of hydrogen-bond donors (Lipinski definition) is 0. The van der Waals surface area contributed by atoms with Crippen molar-refractivity contribution in [3.63, 3.8) is 0 Å². The molecule has 4 aliphatic rings. The highest BCUT2D eigenvalue weighted by atomic mass is 14.7. The Hall–Kier alpha value is -0.520. The van der Waals surface area contributed by atoms with Crippen LogP contribution in [0.1, 0.15) is 32.6 Å². The molecule has 4 rings (SSSR count). The highest BCUT2D eigenvalue weighted by Crippen LogP contribution is 2.69. The Balaban J connectivity index is 1.68. The predicted octanol–water partition coefficient (Wildman–Crippen LogP) is 4.29. The molecule has 0 aromatic carbocycles. The molecule has 0 heterocycles. The molecule has 0 heteroatoms. The van der Waals surface area contributed by atoms with Crippen molar-refractivity contribution >= 4 is 0 Å². The van der Waals surface area contributed by atoms with E-state index < -0.39 is 0 Å². The minimum absolute atomic E-state index is 0.856. The van der Waals surface area contributed by atoms with Gasteiger partial charge in [-0.2, -0.15) is 0 Å². The lowest BCUT2D eigenvalue weighted by molar-refractivity contribution is 0.106. The Kier molecular flexibility index (Phi) is 2.14. The number of allylic oxidation sites excluding steroid dienone is 3. The predicted molar refractivity (Wildman–Crippen MR) is 71.4 cm³/mol. The lowest BCUT2D eigenvalue weighted by Gasteiger charge is -2.41. The van der Waals surface area contributed by atoms with Gasteiger partial charge < -0.3 is 0 Å². The second kappa shape index (κ2) is 3.49. The Labute approximate surface area is 105 Å². The highest BCUT2D eigenvalue weighted by molar-refractivity contribution is 5.23. The molecule has 3 saturated carbocycles. The normalized spacial score (nSPS) is 57.7. The molecule has 8 atom stereocenters. The van der Waals surface area contributed by atoms with Gasteiger partial charge in [0.25, 0.3) is 0 Å². The fourth-order valence-electron chi connectivity index (χ4n) is 6.30. The molecule has 3 fully saturated rings. The summed E-state index contributed by atoms with van der Waals surface area (Å²) in [7, 11) is 0. The van der Waals surface area contributed by atoms with E-state index >= 15 is 0 Å². The van der Waals surface area contributed by atoms with Gasteiger partial charge in [-0.25, -0.2) is 0 Å². The second-order valence-electron chi connectivity index (χ2n) is 6.93. The first-order chi connectivity index (χ1) is 8.35. The standard InChI is InChI=1S/C17H24/c1-3-5-13-12(4-2)14-9-15(13)17-11-7-6-10(8-11)16(14)17/h4,6-7,10-17H,2-3,5,8-9H2,1H3. The Bertz CT molecular complexity index is 366. The van der Waals surface area contributed by atoms with Gasteiger partial charge in [0.2, 0.25) is 0 Å². The molecule has 0 nitrogen and oxygen atoms in total. The summed E-state index contributed by atoms with van der Waals surface area (Å²) in [6, 6.07) is 0. The van der Waals surface area contributed by atoms with Crippen molar-refractivity contribution in [2.24, 2.45) is 47.3 Å². The van der Waals surface area contributed by atoms with E-state index in [1.807, 2.05) is 0 Å². The molecule has 8 unspecified atom stereocenters. The summed E-state index contributed by atoms with van der Waals surface area (Å²) in [6.45, 7) is 6.50. The molecule has 4 aliphatic carbocycles. The summed E-state index contributed by atoms with van der Waals surface area (Å²) in [5.41, 5.74) is 0. The van der Waals surface area contributed by atoms with E-state index in [-0.39, 0.29) is 0 Å². The van der Waals surface area contributed by atoms with Gasteiger partial charge in [-0.3, -0.25) is 0 Å². The van der Waals surface area contributed by atoms with Gasteiger partial charge in [0.05, 0.1) is 0 Å². The molecule has 0 N–H and O–H groups in total. The van der Waals surface area contributed by atoms with Crippen LogP contribution in [0.3, 0.4) is 0 Å². The van der Waals surface area contributed by atoms with Gasteiger partial charge in [-0.05, 0) is 66.6 Å². The zero-order chi connectivity index (χ0) is 11.6. The first-order valence-corrected chi connectivity index (χ1v) is 7.66. The highest BCUT2D eigenvalue weighted by Gasteiger charge is 2.63. The third-order valence-corrected chi connectivity index (χ3v) is 6.55. The molecule has 0 amide bonds. The van der Waals surface area contributed by atoms with Crippen LogP contribution in [0, 0.1) is 47.3 Å². The van der Waals surface area contributed by atoms with Gasteiger partial charge in [0.1, 0.15) is 0 Å². The Morgan fingerprint density at radius 1 is 1.12 bits per heavy atom. The zero-order valence-corrected chi connectivity index (χ0v) is 10.9. The summed E-state index contributed by atoms with van der Waals surface area (Å²) in [6.07, 6.45) is 13.2. The lowest BCUT2D eigenvalue weighted by Crippen LogP contribution is -2.36. The molecule has 4 bridgehead atoms. The Morgan fingerprint density at radius 3 is 2.47 bits per heavy atom. The van der Waals surface area contributed by atoms with Crippen molar-refractivity contribution in [3.8, 4) is 0 Å². The van der Waals surface area contributed by atoms with Crippen LogP contribution >= 0.6 is 0 Å². The second-order valence-corrected chi connectivity index (χ2v) is 6.93. The first kappa shape index (κ1) is 10.4. The minimum atomic E-state index is 0.856. The van der Waals surface area contributed by atoms with Crippen molar-refractivity contribution in [1.29, 1.82) is 0 Å². The molecular weight excluding hydrogens is 204 g/mol. The topological polar surface area (TPSA) is 0 Å². The van der Waals surface area contributed by atoms with E-state index in [1.165, 1.54) is 25.7 Å². The van der Waals surface area contributed by atoms with Crippen LogP contribution in [0.15, 0.2) is 24.8 Å². The van der Waals surface area contributed by atoms with Crippen LogP contribution in [0.5, 0.6) is 0 Å². The van der Waals surface area contributed by atoms with Crippen LogP contribution in [0.4, 0.5) is 0 Å². The summed E-state index contributed by atoms with van der Waals surface area (Å²) < 4.78 is 0. The fraction of sp³-hybridized carbons (Fsp3) is 0.765.